The monoisotopic (exact) mass is 630 g/mol. The first-order valence-electron chi connectivity index (χ1n) is 14.8. The molecule has 1 saturated carbocycles. The topological polar surface area (TPSA) is 132 Å². The van der Waals surface area contributed by atoms with Crippen LogP contribution in [-0.2, 0) is 11.3 Å². The number of H-pyrrole nitrogens is 1. The number of aromatic amines is 1. The Morgan fingerprint density at radius 3 is 2.18 bits per heavy atom. The highest BCUT2D eigenvalue weighted by molar-refractivity contribution is 5.98. The number of hydrogen-bond donors (Lipinski definition) is 3. The fraction of sp³-hybridized carbons (Fsp3) is 0.469. The Morgan fingerprint density at radius 1 is 1.04 bits per heavy atom. The van der Waals surface area contributed by atoms with Gasteiger partial charge in [-0.1, -0.05) is 0 Å². The van der Waals surface area contributed by atoms with Crippen molar-refractivity contribution >= 4 is 17.6 Å². The Balaban J connectivity index is 0.000000707. The molecule has 0 saturated heterocycles. The Bertz CT molecular complexity index is 1530. The molecule has 244 valence electrons. The molecule has 2 heterocycles. The van der Waals surface area contributed by atoms with Gasteiger partial charge in [0, 0.05) is 65.6 Å². The van der Waals surface area contributed by atoms with Gasteiger partial charge in [0.1, 0.15) is 0 Å². The van der Waals surface area contributed by atoms with Gasteiger partial charge in [0.2, 0.25) is 0 Å². The largest absolute Gasteiger partial charge is 0.490 e. The van der Waals surface area contributed by atoms with Crippen LogP contribution in [-0.4, -0.2) is 75.7 Å². The zero-order valence-electron chi connectivity index (χ0n) is 26.5. The van der Waals surface area contributed by atoms with Crippen LogP contribution in [0.3, 0.4) is 0 Å². The average molecular weight is 631 g/mol. The molecule has 3 aromatic rings. The molecule has 1 aliphatic rings. The van der Waals surface area contributed by atoms with E-state index in [4.69, 9.17) is 9.90 Å². The third-order valence-electron chi connectivity index (χ3n) is 8.13. The van der Waals surface area contributed by atoms with Crippen LogP contribution in [0.5, 0.6) is 0 Å². The van der Waals surface area contributed by atoms with E-state index in [1.165, 1.54) is 0 Å². The summed E-state index contributed by atoms with van der Waals surface area (Å²) in [6, 6.07) is 6.99. The first kappa shape index (κ1) is 35.2. The van der Waals surface area contributed by atoms with Gasteiger partial charge in [0.05, 0.1) is 11.9 Å². The van der Waals surface area contributed by atoms with Gasteiger partial charge in [-0.2, -0.15) is 13.2 Å². The number of aliphatic carboxylic acids is 1. The van der Waals surface area contributed by atoms with Crippen LogP contribution in [0.15, 0.2) is 41.6 Å². The van der Waals surface area contributed by atoms with E-state index in [1.54, 1.807) is 18.6 Å². The minimum Gasteiger partial charge on any atom is -0.475 e. The molecule has 0 aliphatic heterocycles. The highest BCUT2D eigenvalue weighted by Gasteiger charge is 2.38. The molecule has 3 N–H and O–H groups in total. The normalized spacial score (nSPS) is 16.5. The molecule has 1 aromatic carbocycles. The minimum atomic E-state index is -5.08. The van der Waals surface area contributed by atoms with E-state index >= 15 is 0 Å². The Labute approximate surface area is 260 Å². The van der Waals surface area contributed by atoms with Crippen LogP contribution in [0, 0.1) is 20.8 Å². The number of benzene rings is 1. The molecule has 0 bridgehead atoms. The summed E-state index contributed by atoms with van der Waals surface area (Å²) in [5.41, 5.74) is 6.22. The van der Waals surface area contributed by atoms with Gasteiger partial charge in [0.25, 0.3) is 11.5 Å². The zero-order chi connectivity index (χ0) is 33.5. The Kier molecular flexibility index (Phi) is 11.9. The highest BCUT2D eigenvalue weighted by atomic mass is 19.4. The first-order chi connectivity index (χ1) is 21.1. The molecule has 13 heteroatoms. The number of hydrogen-bond acceptors (Lipinski definition) is 7. The van der Waals surface area contributed by atoms with E-state index in [-0.39, 0.29) is 18.0 Å². The van der Waals surface area contributed by atoms with Gasteiger partial charge in [-0.15, -0.1) is 0 Å². The maximum absolute atomic E-state index is 13.6. The molecule has 1 amide bonds. The molecule has 0 spiro atoms. The SMILES string of the molecule is CCN(c1cc(-c2cnccn2)cc(C(=O)NCc2c(C)cc(C)[nH]c2=O)c1C)C1CCC(N(C)C)CC1.O=C(O)C(F)(F)F. The van der Waals surface area contributed by atoms with Crippen LogP contribution < -0.4 is 15.8 Å². The summed E-state index contributed by atoms with van der Waals surface area (Å²) in [6.07, 6.45) is 4.51. The number of pyridine rings is 1. The molecule has 1 aliphatic carbocycles. The minimum absolute atomic E-state index is 0.163. The van der Waals surface area contributed by atoms with Crippen molar-refractivity contribution in [2.45, 2.75) is 78.2 Å². The van der Waals surface area contributed by atoms with Crippen molar-refractivity contribution in [3.63, 3.8) is 0 Å². The van der Waals surface area contributed by atoms with Crippen molar-refractivity contribution < 1.29 is 27.9 Å². The quantitative estimate of drug-likeness (QED) is 0.316. The van der Waals surface area contributed by atoms with E-state index in [0.29, 0.717) is 23.2 Å². The number of nitrogens with zero attached hydrogens (tertiary/aromatic N) is 4. The fourth-order valence-corrected chi connectivity index (χ4v) is 5.71. The second-order valence-electron chi connectivity index (χ2n) is 11.4. The number of carbonyl (C=O) groups excluding carboxylic acids is 1. The number of aryl methyl sites for hydroxylation is 2. The number of carboxylic acids is 1. The van der Waals surface area contributed by atoms with Crippen molar-refractivity contribution in [1.82, 2.24) is 25.2 Å². The lowest BCUT2D eigenvalue weighted by atomic mass is 9.88. The molecule has 4 rings (SSSR count). The summed E-state index contributed by atoms with van der Waals surface area (Å²) in [5.74, 6) is -2.96. The number of nitrogens with one attached hydrogen (secondary N) is 2. The lowest BCUT2D eigenvalue weighted by molar-refractivity contribution is -0.192. The summed E-state index contributed by atoms with van der Waals surface area (Å²) >= 11 is 0. The van der Waals surface area contributed by atoms with E-state index < -0.39 is 12.1 Å². The van der Waals surface area contributed by atoms with Gasteiger partial charge in [0.15, 0.2) is 0 Å². The van der Waals surface area contributed by atoms with Gasteiger partial charge >= 0.3 is 12.1 Å². The maximum atomic E-state index is 13.6. The summed E-state index contributed by atoms with van der Waals surface area (Å²) in [6.45, 7) is 8.96. The number of anilines is 1. The number of alkyl halides is 3. The molecule has 1 fully saturated rings. The summed E-state index contributed by atoms with van der Waals surface area (Å²) in [7, 11) is 4.32. The molecule has 0 radical (unpaired) electrons. The van der Waals surface area contributed by atoms with Crippen molar-refractivity contribution in [3.05, 3.63) is 75.1 Å². The molecule has 45 heavy (non-hydrogen) atoms. The zero-order valence-corrected chi connectivity index (χ0v) is 26.5. The summed E-state index contributed by atoms with van der Waals surface area (Å²) in [4.78, 5) is 51.4. The third-order valence-corrected chi connectivity index (χ3v) is 8.13. The molecular weight excluding hydrogens is 589 g/mol. The van der Waals surface area contributed by atoms with Gasteiger partial charge in [-0.25, -0.2) is 4.79 Å². The Morgan fingerprint density at radius 2 is 1.67 bits per heavy atom. The molecule has 0 unspecified atom stereocenters. The van der Waals surface area contributed by atoms with Crippen LogP contribution in [0.25, 0.3) is 11.3 Å². The van der Waals surface area contributed by atoms with Crippen molar-refractivity contribution in [3.8, 4) is 11.3 Å². The van der Waals surface area contributed by atoms with Gasteiger partial charge in [-0.3, -0.25) is 19.6 Å². The smallest absolute Gasteiger partial charge is 0.475 e. The number of halogens is 3. The van der Waals surface area contributed by atoms with E-state index in [1.807, 2.05) is 32.9 Å². The van der Waals surface area contributed by atoms with E-state index in [9.17, 15) is 22.8 Å². The lowest BCUT2D eigenvalue weighted by Gasteiger charge is -2.40. The predicted octanol–water partition coefficient (Wildman–Crippen LogP) is 5.02. The van der Waals surface area contributed by atoms with Gasteiger partial charge in [-0.05, 0) is 96.8 Å². The van der Waals surface area contributed by atoms with Crippen molar-refractivity contribution in [2.24, 2.45) is 0 Å². The third kappa shape index (κ3) is 9.13. The summed E-state index contributed by atoms with van der Waals surface area (Å²) in [5, 5.41) is 10.1. The van der Waals surface area contributed by atoms with E-state index in [2.05, 4.69) is 57.2 Å². The number of aromatic nitrogens is 3. The first-order valence-corrected chi connectivity index (χ1v) is 14.8. The van der Waals surface area contributed by atoms with Crippen LogP contribution in [0.2, 0.25) is 0 Å². The van der Waals surface area contributed by atoms with Crippen LogP contribution in [0.4, 0.5) is 18.9 Å². The standard InChI is InChI=1S/C30H40N6O2.C2HF3O2/c1-7-36(24-10-8-23(9-11-24)35(5)6)28-16-22(27-18-31-12-13-32-27)15-25(21(28)4)29(37)33-17-26-19(2)14-20(3)34-30(26)38;3-2(4,5)1(6)7/h12-16,18,23-24H,7-11,17H2,1-6H3,(H,33,37)(H,34,38);(H,6,7). The second kappa shape index (κ2) is 15.2. The molecule has 0 atom stereocenters. The molecule has 10 nitrogen and oxygen atoms in total. The van der Waals surface area contributed by atoms with E-state index in [0.717, 1.165) is 66.0 Å². The highest BCUT2D eigenvalue weighted by Crippen LogP contribution is 2.35. The number of carbonyl (C=O) groups is 2. The number of rotatable bonds is 8. The number of carboxylic acid groups (broad SMARTS) is 1. The van der Waals surface area contributed by atoms with Crippen molar-refractivity contribution in [1.29, 1.82) is 0 Å². The van der Waals surface area contributed by atoms with Gasteiger partial charge < -0.3 is 25.2 Å². The molecule has 2 aromatic heterocycles. The van der Waals surface area contributed by atoms with Crippen molar-refractivity contribution in [2.75, 3.05) is 25.5 Å². The number of amides is 1. The predicted molar refractivity (Wildman–Crippen MR) is 166 cm³/mol. The second-order valence-corrected chi connectivity index (χ2v) is 11.4. The lowest BCUT2D eigenvalue weighted by Crippen LogP contribution is -2.42. The molecular formula is C32H41F3N6O4. The van der Waals surface area contributed by atoms with Crippen LogP contribution >= 0.6 is 0 Å². The average Bonchev–Trinajstić information content (AvgIpc) is 2.98. The summed E-state index contributed by atoms with van der Waals surface area (Å²) < 4.78 is 31.7. The Hall–Kier alpha value is -4.26. The van der Waals surface area contributed by atoms with Crippen LogP contribution in [0.1, 0.15) is 65.3 Å². The fourth-order valence-electron chi connectivity index (χ4n) is 5.71. The maximum Gasteiger partial charge on any atom is 0.490 e.